The van der Waals surface area contributed by atoms with Gasteiger partial charge in [0.05, 0.1) is 0 Å². The Bertz CT molecular complexity index is 231. The molecule has 0 spiro atoms. The molecule has 1 nitrogen and oxygen atoms in total. The first-order valence-corrected chi connectivity index (χ1v) is 2.87. The lowest BCUT2D eigenvalue weighted by atomic mass is 10.6. The zero-order valence-corrected chi connectivity index (χ0v) is 4.88. The molecule has 0 N–H and O–H groups in total. The summed E-state index contributed by atoms with van der Waals surface area (Å²) in [7, 11) is 0. The minimum absolute atomic E-state index is 0.0718. The summed E-state index contributed by atoms with van der Waals surface area (Å²) in [5, 5.41) is 1.44. The van der Waals surface area contributed by atoms with Crippen LogP contribution in [0.5, 0.6) is 0 Å². The van der Waals surface area contributed by atoms with Crippen LogP contribution >= 0.6 is 22.9 Å². The highest BCUT2D eigenvalue weighted by Crippen LogP contribution is 2.13. The Morgan fingerprint density at radius 1 is 2.14 bits per heavy atom. The van der Waals surface area contributed by atoms with Crippen molar-refractivity contribution in [2.45, 2.75) is 6.85 Å². The van der Waals surface area contributed by atoms with E-state index in [0.29, 0.717) is 0 Å². The zero-order chi connectivity index (χ0) is 7.78. The van der Waals surface area contributed by atoms with E-state index in [1.54, 1.807) is 0 Å². The number of nitrogens with zero attached hydrogens (tertiary/aromatic N) is 1. The predicted molar refractivity (Wildman–Crippen MR) is 31.9 cm³/mol. The minimum atomic E-state index is -2.12. The summed E-state index contributed by atoms with van der Waals surface area (Å²) < 4.78 is 21.0. The molecule has 7 heavy (non-hydrogen) atoms. The van der Waals surface area contributed by atoms with E-state index in [1.165, 1.54) is 5.38 Å². The number of rotatable bonds is 0. The molecule has 0 aromatic carbocycles. The standard InChI is InChI=1S/C4H4ClNS/c1-3-2-7-4(5)6-3/h2H,1H3/i1D3. The van der Waals surface area contributed by atoms with Crippen LogP contribution in [-0.4, -0.2) is 4.98 Å². The summed E-state index contributed by atoms with van der Waals surface area (Å²) >= 11 is 6.55. The van der Waals surface area contributed by atoms with E-state index in [0.717, 1.165) is 11.3 Å². The number of aryl methyl sites for hydroxylation is 1. The van der Waals surface area contributed by atoms with Crippen LogP contribution in [0.25, 0.3) is 0 Å². The Morgan fingerprint density at radius 3 is 3.29 bits per heavy atom. The van der Waals surface area contributed by atoms with Gasteiger partial charge >= 0.3 is 0 Å². The van der Waals surface area contributed by atoms with Crippen LogP contribution in [0.15, 0.2) is 5.38 Å². The van der Waals surface area contributed by atoms with Crippen molar-refractivity contribution >= 4 is 22.9 Å². The van der Waals surface area contributed by atoms with Crippen molar-refractivity contribution in [1.29, 1.82) is 0 Å². The van der Waals surface area contributed by atoms with Gasteiger partial charge in [0.2, 0.25) is 0 Å². The van der Waals surface area contributed by atoms with Gasteiger partial charge < -0.3 is 0 Å². The smallest absolute Gasteiger partial charge is 0.183 e. The quantitative estimate of drug-likeness (QED) is 0.533. The molecule has 0 aliphatic heterocycles. The Labute approximate surface area is 55.2 Å². The van der Waals surface area contributed by atoms with Gasteiger partial charge in [-0.05, 0) is 6.85 Å². The highest BCUT2D eigenvalue weighted by molar-refractivity contribution is 7.13. The maximum absolute atomic E-state index is 6.91. The molecule has 1 rings (SSSR count). The Hall–Kier alpha value is -0.0800. The lowest BCUT2D eigenvalue weighted by molar-refractivity contribution is 1.27. The molecule has 0 saturated carbocycles. The third kappa shape index (κ3) is 1.14. The first-order valence-electron chi connectivity index (χ1n) is 3.11. The van der Waals surface area contributed by atoms with Crippen LogP contribution in [0, 0.1) is 6.85 Å². The van der Waals surface area contributed by atoms with Crippen LogP contribution < -0.4 is 0 Å². The molecule has 3 heteroatoms. The summed E-state index contributed by atoms with van der Waals surface area (Å²) in [6, 6.07) is 0. The Balaban J connectivity index is 2.96. The van der Waals surface area contributed by atoms with Crippen molar-refractivity contribution in [1.82, 2.24) is 4.98 Å². The van der Waals surface area contributed by atoms with E-state index < -0.39 is 6.85 Å². The van der Waals surface area contributed by atoms with E-state index in [-0.39, 0.29) is 10.2 Å². The van der Waals surface area contributed by atoms with Gasteiger partial charge in [-0.15, -0.1) is 11.3 Å². The second-order valence-corrected chi connectivity index (χ2v) is 2.43. The zero-order valence-electron chi connectivity index (χ0n) is 6.31. The summed E-state index contributed by atoms with van der Waals surface area (Å²) in [6.45, 7) is -2.12. The molecule has 0 atom stereocenters. The Kier molecular flexibility index (Phi) is 0.634. The van der Waals surface area contributed by atoms with Gasteiger partial charge in [-0.2, -0.15) is 0 Å². The molecule has 0 aliphatic carbocycles. The lowest BCUT2D eigenvalue weighted by Gasteiger charge is -1.68. The molecule has 1 aromatic heterocycles. The number of hydrogen-bond donors (Lipinski definition) is 0. The lowest BCUT2D eigenvalue weighted by Crippen LogP contribution is -1.62. The predicted octanol–water partition coefficient (Wildman–Crippen LogP) is 2.10. The fraction of sp³-hybridized carbons (Fsp3) is 0.250. The topological polar surface area (TPSA) is 12.9 Å². The highest BCUT2D eigenvalue weighted by atomic mass is 35.5. The average Bonchev–Trinajstić information content (AvgIpc) is 2.11. The number of hydrogen-bond acceptors (Lipinski definition) is 2. The van der Waals surface area contributed by atoms with Gasteiger partial charge in [0.25, 0.3) is 0 Å². The molecular formula is C4H4ClNS. The summed E-state index contributed by atoms with van der Waals surface area (Å²) in [5.74, 6) is 0. The van der Waals surface area contributed by atoms with Crippen molar-refractivity contribution in [3.63, 3.8) is 0 Å². The summed E-state index contributed by atoms with van der Waals surface area (Å²) in [6.07, 6.45) is 0. The molecule has 0 fully saturated rings. The minimum Gasteiger partial charge on any atom is -0.230 e. The SMILES string of the molecule is [2H]C([2H])([2H])c1csc(Cl)n1. The fourth-order valence-corrected chi connectivity index (χ4v) is 0.889. The number of thiazole rings is 1. The van der Waals surface area contributed by atoms with Crippen LogP contribution in [0.3, 0.4) is 0 Å². The van der Waals surface area contributed by atoms with E-state index in [9.17, 15) is 0 Å². The van der Waals surface area contributed by atoms with Crippen molar-refractivity contribution in [3.05, 3.63) is 15.5 Å². The molecule has 38 valence electrons. The fourth-order valence-electron chi connectivity index (χ4n) is 0.252. The highest BCUT2D eigenvalue weighted by Gasteiger charge is 1.88. The first-order chi connectivity index (χ1) is 4.50. The third-order valence-corrected chi connectivity index (χ3v) is 1.45. The molecule has 0 unspecified atom stereocenters. The molecule has 1 heterocycles. The van der Waals surface area contributed by atoms with Gasteiger partial charge in [-0.25, -0.2) is 4.98 Å². The van der Waals surface area contributed by atoms with Gasteiger partial charge in [-0.1, -0.05) is 11.6 Å². The first kappa shape index (κ1) is 2.46. The molecule has 0 bridgehead atoms. The molecule has 0 radical (unpaired) electrons. The van der Waals surface area contributed by atoms with Gasteiger partial charge in [0, 0.05) is 15.2 Å². The maximum Gasteiger partial charge on any atom is 0.183 e. The van der Waals surface area contributed by atoms with Crippen LogP contribution in [0.2, 0.25) is 4.47 Å². The Morgan fingerprint density at radius 2 is 3.00 bits per heavy atom. The number of aromatic nitrogens is 1. The van der Waals surface area contributed by atoms with Gasteiger partial charge in [0.1, 0.15) is 0 Å². The van der Waals surface area contributed by atoms with Crippen LogP contribution in [0.1, 0.15) is 9.81 Å². The summed E-state index contributed by atoms with van der Waals surface area (Å²) in [4.78, 5) is 3.60. The monoisotopic (exact) mass is 136 g/mol. The van der Waals surface area contributed by atoms with E-state index in [4.69, 9.17) is 15.7 Å². The van der Waals surface area contributed by atoms with E-state index in [2.05, 4.69) is 4.98 Å². The van der Waals surface area contributed by atoms with Crippen LogP contribution in [0.4, 0.5) is 0 Å². The van der Waals surface area contributed by atoms with E-state index >= 15 is 0 Å². The van der Waals surface area contributed by atoms with Crippen molar-refractivity contribution in [2.24, 2.45) is 0 Å². The largest absolute Gasteiger partial charge is 0.230 e. The third-order valence-electron chi connectivity index (χ3n) is 0.476. The molecule has 1 aromatic rings. The number of halogens is 1. The maximum atomic E-state index is 6.91. The summed E-state index contributed by atoms with van der Waals surface area (Å²) in [5.41, 5.74) is 0.0718. The normalized spacial score (nSPS) is 17.6. The molecule has 0 aliphatic rings. The average molecular weight is 137 g/mol. The molecular weight excluding hydrogens is 130 g/mol. The second-order valence-electron chi connectivity index (χ2n) is 0.986. The van der Waals surface area contributed by atoms with E-state index in [1.807, 2.05) is 0 Å². The van der Waals surface area contributed by atoms with Crippen molar-refractivity contribution < 1.29 is 4.11 Å². The molecule has 0 saturated heterocycles. The van der Waals surface area contributed by atoms with Gasteiger partial charge in [0.15, 0.2) is 4.47 Å². The van der Waals surface area contributed by atoms with Crippen molar-refractivity contribution in [3.8, 4) is 0 Å². The molecule has 0 amide bonds. The van der Waals surface area contributed by atoms with Crippen LogP contribution in [-0.2, 0) is 0 Å². The van der Waals surface area contributed by atoms with Gasteiger partial charge in [-0.3, -0.25) is 0 Å². The van der Waals surface area contributed by atoms with Crippen molar-refractivity contribution in [2.75, 3.05) is 0 Å². The second kappa shape index (κ2) is 1.80.